The lowest BCUT2D eigenvalue weighted by Gasteiger charge is -2.28. The predicted octanol–water partition coefficient (Wildman–Crippen LogP) is 1.16. The minimum atomic E-state index is -0.407. The van der Waals surface area contributed by atoms with E-state index in [1.165, 1.54) is 0 Å². The molecule has 1 aromatic heterocycles. The van der Waals surface area contributed by atoms with Crippen molar-refractivity contribution in [1.82, 2.24) is 4.98 Å². The van der Waals surface area contributed by atoms with Crippen molar-refractivity contribution in [2.45, 2.75) is 26.4 Å². The van der Waals surface area contributed by atoms with Crippen LogP contribution in [0.15, 0.2) is 0 Å². The Labute approximate surface area is 76.7 Å². The van der Waals surface area contributed by atoms with Crippen LogP contribution >= 0.6 is 0 Å². The van der Waals surface area contributed by atoms with Crippen molar-refractivity contribution in [3.05, 3.63) is 28.1 Å². The van der Waals surface area contributed by atoms with Crippen LogP contribution in [0, 0.1) is 25.2 Å². The van der Waals surface area contributed by atoms with Gasteiger partial charge in [0.05, 0.1) is 17.4 Å². The largest absolute Gasteiger partial charge is 0.388 e. The lowest BCUT2D eigenvalue weighted by Crippen LogP contribution is -2.22. The molecule has 0 aromatic carbocycles. The van der Waals surface area contributed by atoms with E-state index in [4.69, 9.17) is 5.26 Å². The van der Waals surface area contributed by atoms with E-state index in [-0.39, 0.29) is 0 Å². The molecule has 0 saturated carbocycles. The first-order valence-corrected chi connectivity index (χ1v) is 4.23. The molecule has 3 heteroatoms. The molecule has 1 aliphatic rings. The zero-order valence-corrected chi connectivity index (χ0v) is 7.63. The highest BCUT2D eigenvalue weighted by Crippen LogP contribution is 2.37. The zero-order chi connectivity index (χ0) is 9.59. The van der Waals surface area contributed by atoms with Gasteiger partial charge in [0.15, 0.2) is 0 Å². The molecule has 1 heterocycles. The van der Waals surface area contributed by atoms with Gasteiger partial charge in [-0.1, -0.05) is 0 Å². The highest BCUT2D eigenvalue weighted by Gasteiger charge is 2.30. The van der Waals surface area contributed by atoms with Gasteiger partial charge in [-0.3, -0.25) is 4.98 Å². The summed E-state index contributed by atoms with van der Waals surface area (Å²) in [6, 6.07) is 2.13. The summed E-state index contributed by atoms with van der Waals surface area (Å²) in [7, 11) is 0. The number of aryl methyl sites for hydroxylation is 2. The number of hydrogen-bond acceptors (Lipinski definition) is 3. The van der Waals surface area contributed by atoms with Gasteiger partial charge in [-0.15, -0.1) is 0 Å². The Morgan fingerprint density at radius 1 is 1.46 bits per heavy atom. The molecule has 0 spiro atoms. The summed E-state index contributed by atoms with van der Waals surface area (Å²) in [6.07, 6.45) is 0.192. The van der Waals surface area contributed by atoms with Crippen LogP contribution in [0.5, 0.6) is 0 Å². The van der Waals surface area contributed by atoms with Gasteiger partial charge in [0.25, 0.3) is 0 Å². The van der Waals surface area contributed by atoms with Crippen LogP contribution in [0.25, 0.3) is 0 Å². The second kappa shape index (κ2) is 2.54. The van der Waals surface area contributed by atoms with Gasteiger partial charge >= 0.3 is 0 Å². The summed E-state index contributed by atoms with van der Waals surface area (Å²) in [5.41, 5.74) is 4.11. The van der Waals surface area contributed by atoms with Gasteiger partial charge in [-0.25, -0.2) is 0 Å². The van der Waals surface area contributed by atoms with Crippen LogP contribution in [0.1, 0.15) is 34.2 Å². The summed E-state index contributed by atoms with van der Waals surface area (Å²) < 4.78 is 0. The SMILES string of the molecule is Cc1nc(C)c2c(c1C#N)CC2O. The summed E-state index contributed by atoms with van der Waals surface area (Å²) in [5.74, 6) is 0. The molecule has 13 heavy (non-hydrogen) atoms. The Balaban J connectivity index is 2.71. The Morgan fingerprint density at radius 3 is 2.69 bits per heavy atom. The molecule has 1 unspecified atom stereocenters. The number of hydrogen-bond donors (Lipinski definition) is 1. The van der Waals surface area contributed by atoms with Crippen LogP contribution < -0.4 is 0 Å². The van der Waals surface area contributed by atoms with Crippen molar-refractivity contribution in [2.75, 3.05) is 0 Å². The van der Waals surface area contributed by atoms with Crippen molar-refractivity contribution in [1.29, 1.82) is 5.26 Å². The number of aliphatic hydroxyl groups is 1. The third kappa shape index (κ3) is 0.958. The minimum absolute atomic E-state index is 0.407. The molecule has 1 atom stereocenters. The first kappa shape index (κ1) is 8.21. The molecule has 0 radical (unpaired) electrons. The lowest BCUT2D eigenvalue weighted by atomic mass is 9.81. The smallest absolute Gasteiger partial charge is 0.101 e. The van der Waals surface area contributed by atoms with Crippen LogP contribution in [-0.4, -0.2) is 10.1 Å². The standard InChI is InChI=1S/C10H10N2O/c1-5-8(4-11)7-3-9(13)10(7)6(2)12-5/h9,13H,3H2,1-2H3. The number of nitrogens with zero attached hydrogens (tertiary/aromatic N) is 2. The quantitative estimate of drug-likeness (QED) is 0.642. The van der Waals surface area contributed by atoms with Crippen molar-refractivity contribution in [3.63, 3.8) is 0 Å². The van der Waals surface area contributed by atoms with Gasteiger partial charge in [0.2, 0.25) is 0 Å². The van der Waals surface area contributed by atoms with Crippen molar-refractivity contribution < 1.29 is 5.11 Å². The Bertz CT molecular complexity index is 418. The van der Waals surface area contributed by atoms with Crippen molar-refractivity contribution in [2.24, 2.45) is 0 Å². The van der Waals surface area contributed by atoms with E-state index in [1.807, 2.05) is 13.8 Å². The molecule has 0 fully saturated rings. The number of rotatable bonds is 0. The Morgan fingerprint density at radius 2 is 2.15 bits per heavy atom. The van der Waals surface area contributed by atoms with Gasteiger partial charge in [0.1, 0.15) is 6.07 Å². The number of fused-ring (bicyclic) bond motifs is 1. The topological polar surface area (TPSA) is 56.9 Å². The van der Waals surface area contributed by atoms with Crippen molar-refractivity contribution in [3.8, 4) is 6.07 Å². The third-order valence-corrected chi connectivity index (χ3v) is 2.56. The molecule has 66 valence electrons. The molecule has 1 aromatic rings. The molecule has 2 rings (SSSR count). The summed E-state index contributed by atoms with van der Waals surface area (Å²) in [5, 5.41) is 18.3. The molecule has 0 aliphatic heterocycles. The van der Waals surface area contributed by atoms with E-state index >= 15 is 0 Å². The van der Waals surface area contributed by atoms with Crippen LogP contribution in [0.3, 0.4) is 0 Å². The molecule has 0 bridgehead atoms. The zero-order valence-electron chi connectivity index (χ0n) is 7.63. The highest BCUT2D eigenvalue weighted by molar-refractivity contribution is 5.53. The van der Waals surface area contributed by atoms with E-state index in [2.05, 4.69) is 11.1 Å². The second-order valence-corrected chi connectivity index (χ2v) is 3.38. The third-order valence-electron chi connectivity index (χ3n) is 2.56. The van der Waals surface area contributed by atoms with Crippen LogP contribution in [0.2, 0.25) is 0 Å². The van der Waals surface area contributed by atoms with Crippen molar-refractivity contribution >= 4 is 0 Å². The fourth-order valence-corrected chi connectivity index (χ4v) is 1.91. The second-order valence-electron chi connectivity index (χ2n) is 3.38. The fraction of sp³-hybridized carbons (Fsp3) is 0.400. The van der Waals surface area contributed by atoms with E-state index in [0.717, 1.165) is 22.5 Å². The molecular formula is C10H10N2O. The normalized spacial score (nSPS) is 18.8. The van der Waals surface area contributed by atoms with Gasteiger partial charge < -0.3 is 5.11 Å². The van der Waals surface area contributed by atoms with Crippen LogP contribution in [0.4, 0.5) is 0 Å². The van der Waals surface area contributed by atoms with Gasteiger partial charge in [0, 0.05) is 17.7 Å². The molecule has 0 saturated heterocycles. The first-order valence-electron chi connectivity index (χ1n) is 4.23. The molecular weight excluding hydrogens is 164 g/mol. The predicted molar refractivity (Wildman–Crippen MR) is 47.1 cm³/mol. The van der Waals surface area contributed by atoms with E-state index in [9.17, 15) is 5.11 Å². The highest BCUT2D eigenvalue weighted by atomic mass is 16.3. The molecule has 1 aliphatic carbocycles. The first-order chi connectivity index (χ1) is 6.15. The summed E-state index contributed by atoms with van der Waals surface area (Å²) >= 11 is 0. The minimum Gasteiger partial charge on any atom is -0.388 e. The number of nitriles is 1. The van der Waals surface area contributed by atoms with Gasteiger partial charge in [-0.05, 0) is 19.4 Å². The lowest BCUT2D eigenvalue weighted by molar-refractivity contribution is 0.152. The Hall–Kier alpha value is -1.40. The summed E-state index contributed by atoms with van der Waals surface area (Å²) in [6.45, 7) is 3.70. The maximum Gasteiger partial charge on any atom is 0.101 e. The number of aliphatic hydroxyl groups excluding tert-OH is 1. The fourth-order valence-electron chi connectivity index (χ4n) is 1.91. The number of aromatic nitrogens is 1. The van der Waals surface area contributed by atoms with Gasteiger partial charge in [-0.2, -0.15) is 5.26 Å². The van der Waals surface area contributed by atoms with E-state index < -0.39 is 6.10 Å². The average molecular weight is 174 g/mol. The van der Waals surface area contributed by atoms with Crippen LogP contribution in [-0.2, 0) is 6.42 Å². The molecule has 1 N–H and O–H groups in total. The monoisotopic (exact) mass is 174 g/mol. The average Bonchev–Trinajstić information content (AvgIpc) is 2.01. The van der Waals surface area contributed by atoms with E-state index in [0.29, 0.717) is 12.0 Å². The Kier molecular flexibility index (Phi) is 1.61. The summed E-state index contributed by atoms with van der Waals surface area (Å²) in [4.78, 5) is 4.22. The molecule has 3 nitrogen and oxygen atoms in total. The van der Waals surface area contributed by atoms with E-state index in [1.54, 1.807) is 0 Å². The maximum atomic E-state index is 9.44. The molecule has 0 amide bonds. The number of pyridine rings is 1. The maximum absolute atomic E-state index is 9.44.